The van der Waals surface area contributed by atoms with Crippen LogP contribution in [0.2, 0.25) is 0 Å². The molecular weight excluding hydrogens is 312 g/mol. The number of aromatic hydroxyl groups is 1. The van der Waals surface area contributed by atoms with Gasteiger partial charge in [0.05, 0.1) is 5.41 Å². The van der Waals surface area contributed by atoms with Crippen LogP contribution in [0.3, 0.4) is 0 Å². The van der Waals surface area contributed by atoms with Crippen LogP contribution >= 0.6 is 0 Å². The molecule has 1 aromatic rings. The van der Waals surface area contributed by atoms with E-state index in [1.165, 1.54) is 6.08 Å². The fourth-order valence-corrected chi connectivity index (χ4v) is 4.57. The quantitative estimate of drug-likeness (QED) is 0.874. The van der Waals surface area contributed by atoms with Crippen molar-refractivity contribution in [3.8, 4) is 5.75 Å². The number of carbonyl (C=O) groups is 2. The van der Waals surface area contributed by atoms with E-state index in [-0.39, 0.29) is 29.2 Å². The number of carbonyl (C=O) groups excluding carboxylic acids is 2. The van der Waals surface area contributed by atoms with Crippen LogP contribution in [0.5, 0.6) is 5.75 Å². The van der Waals surface area contributed by atoms with Crippen molar-refractivity contribution < 1.29 is 14.7 Å². The first-order valence-corrected chi connectivity index (χ1v) is 8.61. The van der Waals surface area contributed by atoms with E-state index in [2.05, 4.69) is 6.58 Å². The van der Waals surface area contributed by atoms with Gasteiger partial charge in [-0.25, -0.2) is 0 Å². The van der Waals surface area contributed by atoms with Gasteiger partial charge in [0.25, 0.3) is 0 Å². The summed E-state index contributed by atoms with van der Waals surface area (Å²) in [7, 11) is 0. The van der Waals surface area contributed by atoms with E-state index in [0.717, 1.165) is 22.3 Å². The van der Waals surface area contributed by atoms with Crippen molar-refractivity contribution in [1.82, 2.24) is 0 Å². The van der Waals surface area contributed by atoms with Crippen LogP contribution in [0.1, 0.15) is 42.9 Å². The fourth-order valence-electron chi connectivity index (χ4n) is 4.57. The van der Waals surface area contributed by atoms with Gasteiger partial charge in [-0.3, -0.25) is 9.59 Å². The zero-order valence-electron chi connectivity index (χ0n) is 15.2. The Bertz CT molecular complexity index is 833. The van der Waals surface area contributed by atoms with Crippen LogP contribution in [0.25, 0.3) is 0 Å². The number of phenols is 1. The molecule has 3 nitrogen and oxygen atoms in total. The Labute approximate surface area is 148 Å². The second-order valence-corrected chi connectivity index (χ2v) is 7.47. The lowest BCUT2D eigenvalue weighted by Gasteiger charge is -2.47. The van der Waals surface area contributed by atoms with Gasteiger partial charge in [-0.1, -0.05) is 37.8 Å². The number of phenolic OH excluding ortho intramolecular Hbond substituents is 1. The van der Waals surface area contributed by atoms with Crippen molar-refractivity contribution in [2.45, 2.75) is 40.0 Å². The molecule has 0 spiro atoms. The van der Waals surface area contributed by atoms with Crippen molar-refractivity contribution >= 4 is 11.6 Å². The summed E-state index contributed by atoms with van der Waals surface area (Å²) in [5, 5.41) is 10.1. The van der Waals surface area contributed by atoms with Crippen LogP contribution < -0.4 is 0 Å². The van der Waals surface area contributed by atoms with E-state index >= 15 is 0 Å². The zero-order chi connectivity index (χ0) is 18.5. The molecule has 0 radical (unpaired) electrons. The van der Waals surface area contributed by atoms with Gasteiger partial charge in [0, 0.05) is 11.8 Å². The Morgan fingerprint density at radius 3 is 2.36 bits per heavy atom. The van der Waals surface area contributed by atoms with Gasteiger partial charge in [-0.05, 0) is 61.1 Å². The van der Waals surface area contributed by atoms with Crippen molar-refractivity contribution in [3.05, 3.63) is 64.8 Å². The lowest BCUT2D eigenvalue weighted by molar-refractivity contribution is -0.137. The normalized spacial score (nSPS) is 29.0. The summed E-state index contributed by atoms with van der Waals surface area (Å²) in [5.41, 5.74) is 3.15. The molecular formula is C22H24O3. The average molecular weight is 336 g/mol. The summed E-state index contributed by atoms with van der Waals surface area (Å²) >= 11 is 0. The summed E-state index contributed by atoms with van der Waals surface area (Å²) in [5.74, 6) is -0.282. The number of benzene rings is 1. The minimum Gasteiger partial charge on any atom is -0.507 e. The highest BCUT2D eigenvalue weighted by molar-refractivity contribution is 6.13. The van der Waals surface area contributed by atoms with Gasteiger partial charge in [-0.2, -0.15) is 0 Å². The van der Waals surface area contributed by atoms with Crippen LogP contribution in [-0.2, 0) is 9.59 Å². The van der Waals surface area contributed by atoms with E-state index in [1.807, 2.05) is 39.0 Å². The van der Waals surface area contributed by atoms with Gasteiger partial charge in [0.2, 0.25) is 0 Å². The molecule has 25 heavy (non-hydrogen) atoms. The predicted octanol–water partition coefficient (Wildman–Crippen LogP) is 4.33. The first-order chi connectivity index (χ1) is 11.7. The highest BCUT2D eigenvalue weighted by Crippen LogP contribution is 2.55. The lowest BCUT2D eigenvalue weighted by atomic mass is 9.53. The molecule has 0 bridgehead atoms. The van der Waals surface area contributed by atoms with Crippen molar-refractivity contribution in [2.75, 3.05) is 0 Å². The van der Waals surface area contributed by atoms with Gasteiger partial charge >= 0.3 is 0 Å². The fraction of sp³-hybridized carbons (Fsp3) is 0.364. The van der Waals surface area contributed by atoms with E-state index < -0.39 is 5.41 Å². The SMILES string of the molecule is C=CC1=CC[C@H]2C(=O)C=C(C)C(=O)[C@@]2(C)[C@H]1c1cc(C)c(O)c(C)c1. The zero-order valence-corrected chi connectivity index (χ0v) is 15.2. The summed E-state index contributed by atoms with van der Waals surface area (Å²) in [6, 6.07) is 3.84. The highest BCUT2D eigenvalue weighted by Gasteiger charge is 2.54. The minimum atomic E-state index is -0.829. The molecule has 1 aromatic carbocycles. The number of ketones is 2. The molecule has 1 N–H and O–H groups in total. The lowest BCUT2D eigenvalue weighted by Crippen LogP contribution is -2.49. The largest absolute Gasteiger partial charge is 0.507 e. The van der Waals surface area contributed by atoms with Crippen molar-refractivity contribution in [2.24, 2.45) is 11.3 Å². The van der Waals surface area contributed by atoms with Crippen molar-refractivity contribution in [3.63, 3.8) is 0 Å². The van der Waals surface area contributed by atoms with Crippen LogP contribution in [-0.4, -0.2) is 16.7 Å². The number of Topliss-reactive ketones (excluding diaryl/α,β-unsaturated/α-hetero) is 1. The average Bonchev–Trinajstić information content (AvgIpc) is 2.56. The van der Waals surface area contributed by atoms with E-state index in [0.29, 0.717) is 12.0 Å². The van der Waals surface area contributed by atoms with Crippen LogP contribution in [0, 0.1) is 25.2 Å². The van der Waals surface area contributed by atoms with Gasteiger partial charge in [0.15, 0.2) is 11.6 Å². The molecule has 2 aliphatic carbocycles. The monoisotopic (exact) mass is 336 g/mol. The van der Waals surface area contributed by atoms with E-state index in [9.17, 15) is 14.7 Å². The number of rotatable bonds is 2. The molecule has 0 aliphatic heterocycles. The Morgan fingerprint density at radius 2 is 1.80 bits per heavy atom. The molecule has 0 fully saturated rings. The molecule has 0 amide bonds. The Kier molecular flexibility index (Phi) is 4.06. The Balaban J connectivity index is 2.28. The second-order valence-electron chi connectivity index (χ2n) is 7.47. The smallest absolute Gasteiger partial charge is 0.166 e. The Hall–Kier alpha value is -2.42. The van der Waals surface area contributed by atoms with E-state index in [4.69, 9.17) is 0 Å². The molecule has 3 atom stereocenters. The summed E-state index contributed by atoms with van der Waals surface area (Å²) in [6.07, 6.45) is 5.86. The first-order valence-electron chi connectivity index (χ1n) is 8.61. The minimum absolute atomic E-state index is 0.0242. The molecule has 0 saturated heterocycles. The van der Waals surface area contributed by atoms with Gasteiger partial charge in [-0.15, -0.1) is 0 Å². The highest BCUT2D eigenvalue weighted by atomic mass is 16.3. The standard InChI is InChI=1S/C22H24O3/c1-6-15-7-8-17-18(23)11-14(4)21(25)22(17,5)19(15)16-9-12(2)20(24)13(3)10-16/h6-7,9-11,17,19,24H,1,8H2,2-5H3/t17-,19+,22+/m0/s1. The van der Waals surface area contributed by atoms with E-state index in [1.54, 1.807) is 13.0 Å². The van der Waals surface area contributed by atoms with Gasteiger partial charge in [0.1, 0.15) is 5.75 Å². The molecule has 130 valence electrons. The molecule has 0 saturated carbocycles. The summed E-state index contributed by atoms with van der Waals surface area (Å²) in [6.45, 7) is 11.3. The number of aryl methyl sites for hydroxylation is 2. The molecule has 0 heterocycles. The molecule has 0 unspecified atom stereocenters. The number of allylic oxidation sites excluding steroid dienone is 5. The maximum Gasteiger partial charge on any atom is 0.166 e. The van der Waals surface area contributed by atoms with Crippen molar-refractivity contribution in [1.29, 1.82) is 0 Å². The van der Waals surface area contributed by atoms with Gasteiger partial charge < -0.3 is 5.11 Å². The topological polar surface area (TPSA) is 54.4 Å². The van der Waals surface area contributed by atoms with Crippen LogP contribution in [0.15, 0.2) is 48.1 Å². The summed E-state index contributed by atoms with van der Waals surface area (Å²) < 4.78 is 0. The maximum absolute atomic E-state index is 13.2. The third kappa shape index (κ3) is 2.41. The third-order valence-electron chi connectivity index (χ3n) is 5.88. The molecule has 3 rings (SSSR count). The molecule has 2 aliphatic rings. The second kappa shape index (κ2) is 5.83. The third-order valence-corrected chi connectivity index (χ3v) is 5.88. The molecule has 0 aromatic heterocycles. The number of hydrogen-bond acceptors (Lipinski definition) is 3. The first kappa shape index (κ1) is 17.4. The number of hydrogen-bond donors (Lipinski definition) is 1. The summed E-state index contributed by atoms with van der Waals surface area (Å²) in [4.78, 5) is 25.8. The Morgan fingerprint density at radius 1 is 1.20 bits per heavy atom. The van der Waals surface area contributed by atoms with Crippen LogP contribution in [0.4, 0.5) is 0 Å². The predicted molar refractivity (Wildman–Crippen MR) is 98.6 cm³/mol. The number of fused-ring (bicyclic) bond motifs is 1. The molecule has 3 heteroatoms. The maximum atomic E-state index is 13.2.